The minimum Gasteiger partial charge on any atom is -0.463 e. The zero-order valence-electron chi connectivity index (χ0n) is 14.6. The lowest BCUT2D eigenvalue weighted by atomic mass is 10.1. The highest BCUT2D eigenvalue weighted by molar-refractivity contribution is 9.10. The quantitative estimate of drug-likeness (QED) is 0.338. The van der Waals surface area contributed by atoms with Gasteiger partial charge in [-0.3, -0.25) is 19.1 Å². The Balaban J connectivity index is 2.08. The van der Waals surface area contributed by atoms with Crippen molar-refractivity contribution < 1.29 is 29.3 Å². The van der Waals surface area contributed by atoms with Crippen LogP contribution in [0.5, 0.6) is 0 Å². The highest BCUT2D eigenvalue weighted by Gasteiger charge is 2.46. The Bertz CT molecular complexity index is 1000. The van der Waals surface area contributed by atoms with Gasteiger partial charge in [0.25, 0.3) is 5.91 Å². The predicted octanol–water partition coefficient (Wildman–Crippen LogP) is -1.26. The van der Waals surface area contributed by atoms with Gasteiger partial charge in [-0.2, -0.15) is 4.98 Å². The van der Waals surface area contributed by atoms with Crippen molar-refractivity contribution in [3.8, 4) is 0 Å². The minimum absolute atomic E-state index is 0.0515. The molecule has 3 heterocycles. The first-order valence-electron chi connectivity index (χ1n) is 8.23. The summed E-state index contributed by atoms with van der Waals surface area (Å²) in [5, 5.41) is 20.8. The number of hydrogen-bond acceptors (Lipinski definition) is 9. The molecular formula is C15H18BrN5O7. The van der Waals surface area contributed by atoms with E-state index < -0.39 is 42.1 Å². The maximum Gasteiger partial charge on any atom is 0.348 e. The first-order chi connectivity index (χ1) is 13.2. The number of amides is 1. The lowest BCUT2D eigenvalue weighted by Gasteiger charge is -2.18. The van der Waals surface area contributed by atoms with Gasteiger partial charge >= 0.3 is 11.7 Å². The SMILES string of the molecule is CCC(=O)OC[C@@H]1O[C@H](n2c(Br)c(C(N)=O)c3c(N)[nH]c(=O)nc32)[C@@H](O)[C@@H]1O. The van der Waals surface area contributed by atoms with Gasteiger partial charge in [-0.15, -0.1) is 0 Å². The number of ether oxygens (including phenoxy) is 2. The van der Waals surface area contributed by atoms with Crippen LogP contribution in [-0.2, 0) is 14.3 Å². The van der Waals surface area contributed by atoms with E-state index in [1.807, 2.05) is 0 Å². The number of aromatic nitrogens is 3. The Hall–Kier alpha value is -2.48. The van der Waals surface area contributed by atoms with Crippen LogP contribution in [0, 0.1) is 0 Å². The average molecular weight is 460 g/mol. The second kappa shape index (κ2) is 7.50. The van der Waals surface area contributed by atoms with E-state index in [1.54, 1.807) is 6.92 Å². The molecule has 2 aromatic heterocycles. The van der Waals surface area contributed by atoms with Crippen LogP contribution in [0.2, 0.25) is 0 Å². The minimum atomic E-state index is -1.49. The van der Waals surface area contributed by atoms with Crippen molar-refractivity contribution in [3.05, 3.63) is 20.7 Å². The van der Waals surface area contributed by atoms with Crippen LogP contribution in [0.15, 0.2) is 9.40 Å². The van der Waals surface area contributed by atoms with E-state index in [1.165, 1.54) is 4.57 Å². The fourth-order valence-electron chi connectivity index (χ4n) is 3.03. The van der Waals surface area contributed by atoms with Crippen molar-refractivity contribution >= 4 is 44.7 Å². The van der Waals surface area contributed by atoms with Gasteiger partial charge in [-0.1, -0.05) is 6.92 Å². The van der Waals surface area contributed by atoms with E-state index in [0.29, 0.717) is 0 Å². The molecule has 0 aromatic carbocycles. The Kier molecular flexibility index (Phi) is 5.43. The summed E-state index contributed by atoms with van der Waals surface area (Å²) in [5.74, 6) is -1.51. The number of rotatable bonds is 5. The van der Waals surface area contributed by atoms with Gasteiger partial charge in [0, 0.05) is 6.42 Å². The Morgan fingerprint density at radius 1 is 1.39 bits per heavy atom. The van der Waals surface area contributed by atoms with Crippen molar-refractivity contribution in [2.24, 2.45) is 5.73 Å². The maximum atomic E-state index is 11.9. The first kappa shape index (κ1) is 20.3. The van der Waals surface area contributed by atoms with E-state index >= 15 is 0 Å². The van der Waals surface area contributed by atoms with E-state index in [9.17, 15) is 24.6 Å². The number of hydrogen-bond donors (Lipinski definition) is 5. The van der Waals surface area contributed by atoms with Crippen LogP contribution in [0.1, 0.15) is 29.9 Å². The molecule has 4 atom stereocenters. The number of aliphatic hydroxyl groups is 2. The van der Waals surface area contributed by atoms with E-state index in [2.05, 4.69) is 25.9 Å². The molecule has 1 aliphatic rings. The summed E-state index contributed by atoms with van der Waals surface area (Å²) < 4.78 is 11.8. The van der Waals surface area contributed by atoms with Crippen molar-refractivity contribution in [2.45, 2.75) is 37.9 Å². The number of carbonyl (C=O) groups excluding carboxylic acids is 2. The molecule has 1 amide bonds. The van der Waals surface area contributed by atoms with Crippen LogP contribution in [0.4, 0.5) is 5.82 Å². The van der Waals surface area contributed by atoms with Gasteiger partial charge in [0.2, 0.25) is 0 Å². The summed E-state index contributed by atoms with van der Waals surface area (Å²) in [7, 11) is 0. The molecule has 2 aromatic rings. The highest BCUT2D eigenvalue weighted by atomic mass is 79.9. The topological polar surface area (TPSA) is 196 Å². The summed E-state index contributed by atoms with van der Waals surface area (Å²) in [4.78, 5) is 41.1. The number of nitrogens with two attached hydrogens (primary N) is 2. The van der Waals surface area contributed by atoms with Crippen LogP contribution >= 0.6 is 15.9 Å². The zero-order valence-corrected chi connectivity index (χ0v) is 16.2. The zero-order chi connectivity index (χ0) is 20.7. The number of nitrogens with zero attached hydrogens (tertiary/aromatic N) is 2. The molecule has 0 bridgehead atoms. The molecule has 1 aliphatic heterocycles. The number of fused-ring (bicyclic) bond motifs is 1. The third-order valence-electron chi connectivity index (χ3n) is 4.37. The van der Waals surface area contributed by atoms with Crippen molar-refractivity contribution in [1.29, 1.82) is 0 Å². The van der Waals surface area contributed by atoms with Crippen LogP contribution in [0.25, 0.3) is 11.0 Å². The molecule has 0 aliphatic carbocycles. The lowest BCUT2D eigenvalue weighted by Crippen LogP contribution is -2.34. The van der Waals surface area contributed by atoms with Gasteiger partial charge in [-0.25, -0.2) is 4.79 Å². The van der Waals surface area contributed by atoms with Crippen molar-refractivity contribution in [3.63, 3.8) is 0 Å². The number of halogens is 1. The number of aromatic amines is 1. The molecule has 12 nitrogen and oxygen atoms in total. The summed E-state index contributed by atoms with van der Waals surface area (Å²) in [6.45, 7) is 1.31. The molecule has 0 spiro atoms. The monoisotopic (exact) mass is 459 g/mol. The lowest BCUT2D eigenvalue weighted by molar-refractivity contribution is -0.149. The van der Waals surface area contributed by atoms with Crippen LogP contribution in [-0.4, -0.2) is 61.5 Å². The van der Waals surface area contributed by atoms with Gasteiger partial charge in [0.15, 0.2) is 11.9 Å². The molecule has 1 saturated heterocycles. The second-order valence-electron chi connectivity index (χ2n) is 6.14. The molecule has 152 valence electrons. The van der Waals surface area contributed by atoms with E-state index in [4.69, 9.17) is 20.9 Å². The van der Waals surface area contributed by atoms with Crippen LogP contribution < -0.4 is 17.2 Å². The number of nitrogen functional groups attached to an aromatic ring is 1. The fraction of sp³-hybridized carbons (Fsp3) is 0.467. The highest BCUT2D eigenvalue weighted by Crippen LogP contribution is 2.39. The maximum absolute atomic E-state index is 11.9. The molecule has 7 N–H and O–H groups in total. The largest absolute Gasteiger partial charge is 0.463 e. The van der Waals surface area contributed by atoms with Gasteiger partial charge in [-0.05, 0) is 15.9 Å². The third kappa shape index (κ3) is 3.26. The Morgan fingerprint density at radius 2 is 2.07 bits per heavy atom. The molecule has 0 radical (unpaired) electrons. The molecule has 0 saturated carbocycles. The van der Waals surface area contributed by atoms with Gasteiger partial charge in [0.1, 0.15) is 35.3 Å². The standard InChI is InChI=1S/C15H18BrN5O7/c1-2-5(22)27-3-4-8(23)9(24)14(28-4)21-10(16)6(12(18)25)7-11(17)19-15(26)20-13(7)21/h4,8-9,14,23-24H,2-3H2,1H3,(H2,18,25)(H3,17,19,20,26)/t4-,8+,9-,14-/m0/s1. The fourth-order valence-corrected chi connectivity index (χ4v) is 3.79. The summed E-state index contributed by atoms with van der Waals surface area (Å²) in [6.07, 6.45) is -5.07. The molecular weight excluding hydrogens is 442 g/mol. The van der Waals surface area contributed by atoms with E-state index in [0.717, 1.165) is 0 Å². The number of aliphatic hydroxyl groups excluding tert-OH is 2. The summed E-state index contributed by atoms with van der Waals surface area (Å²) >= 11 is 3.20. The number of H-pyrrole nitrogens is 1. The molecule has 28 heavy (non-hydrogen) atoms. The molecule has 1 fully saturated rings. The molecule has 0 unspecified atom stereocenters. The predicted molar refractivity (Wildman–Crippen MR) is 98.2 cm³/mol. The number of carbonyl (C=O) groups is 2. The van der Waals surface area contributed by atoms with Crippen LogP contribution in [0.3, 0.4) is 0 Å². The third-order valence-corrected chi connectivity index (χ3v) is 5.15. The van der Waals surface area contributed by atoms with Gasteiger partial charge in [0.05, 0.1) is 10.9 Å². The van der Waals surface area contributed by atoms with Gasteiger partial charge < -0.3 is 31.2 Å². The Morgan fingerprint density at radius 3 is 2.68 bits per heavy atom. The Labute approximate surface area is 165 Å². The first-order valence-corrected chi connectivity index (χ1v) is 9.02. The van der Waals surface area contributed by atoms with Crippen molar-refractivity contribution in [2.75, 3.05) is 12.3 Å². The number of nitrogens with one attached hydrogen (secondary N) is 1. The smallest absolute Gasteiger partial charge is 0.348 e. The van der Waals surface area contributed by atoms with Crippen molar-refractivity contribution in [1.82, 2.24) is 14.5 Å². The second-order valence-corrected chi connectivity index (χ2v) is 6.89. The molecule has 13 heteroatoms. The number of esters is 1. The summed E-state index contributed by atoms with van der Waals surface area (Å²) in [5.41, 5.74) is 10.3. The van der Waals surface area contributed by atoms with E-state index in [-0.39, 0.29) is 40.0 Å². The number of anilines is 1. The molecule has 3 rings (SSSR count). The normalized spacial score (nSPS) is 24.6. The average Bonchev–Trinajstić information content (AvgIpc) is 3.07. The number of primary amides is 1. The summed E-state index contributed by atoms with van der Waals surface area (Å²) in [6, 6.07) is 0.